The highest BCUT2D eigenvalue weighted by Gasteiger charge is 2.23. The third-order valence-electron chi connectivity index (χ3n) is 4.25. The lowest BCUT2D eigenvalue weighted by Gasteiger charge is -2.20. The van der Waals surface area contributed by atoms with Gasteiger partial charge in [-0.05, 0) is 64.2 Å². The lowest BCUT2D eigenvalue weighted by molar-refractivity contribution is 0.0528. The summed E-state index contributed by atoms with van der Waals surface area (Å²) in [5.41, 5.74) is 5.72. The third-order valence-corrected chi connectivity index (χ3v) is 4.25. The van der Waals surface area contributed by atoms with Crippen LogP contribution < -0.4 is 10.1 Å². The van der Waals surface area contributed by atoms with Gasteiger partial charge in [-0.3, -0.25) is 0 Å². The van der Waals surface area contributed by atoms with Crippen LogP contribution in [0.2, 0.25) is 0 Å². The Hall–Kier alpha value is -2.01. The largest absolute Gasteiger partial charge is 0.493 e. The number of carbonyl (C=O) groups excluding carboxylic acids is 1. The molecule has 1 aliphatic heterocycles. The van der Waals surface area contributed by atoms with Crippen LogP contribution >= 0.6 is 0 Å². The van der Waals surface area contributed by atoms with Gasteiger partial charge in [-0.25, -0.2) is 4.79 Å². The average Bonchev–Trinajstić information content (AvgIpc) is 3.03. The molecule has 0 atom stereocenters. The second kappa shape index (κ2) is 9.27. The molecule has 0 radical (unpaired) electrons. The molecule has 1 heterocycles. The number of methoxy groups -OCH3 is 1. The summed E-state index contributed by atoms with van der Waals surface area (Å²) in [4.78, 5) is 11.9. The Balaban J connectivity index is 2.20. The molecule has 0 saturated carbocycles. The van der Waals surface area contributed by atoms with Crippen LogP contribution in [0.15, 0.2) is 11.6 Å². The quantitative estimate of drug-likeness (QED) is 0.772. The minimum Gasteiger partial charge on any atom is -0.493 e. The zero-order valence-electron chi connectivity index (χ0n) is 17.5. The molecule has 0 aromatic heterocycles. The van der Waals surface area contributed by atoms with Crippen LogP contribution in [-0.2, 0) is 28.7 Å². The lowest BCUT2D eigenvalue weighted by Crippen LogP contribution is -2.33. The Morgan fingerprint density at radius 3 is 2.63 bits per heavy atom. The van der Waals surface area contributed by atoms with E-state index in [0.717, 1.165) is 24.2 Å². The zero-order chi connectivity index (χ0) is 20.0. The number of allylic oxidation sites excluding steroid dienone is 1. The van der Waals surface area contributed by atoms with Crippen LogP contribution in [0, 0.1) is 0 Å². The molecular formula is C22H33NO4. The maximum atomic E-state index is 11.9. The number of benzene rings is 1. The van der Waals surface area contributed by atoms with Gasteiger partial charge in [0, 0.05) is 25.6 Å². The molecule has 0 unspecified atom stereocenters. The monoisotopic (exact) mass is 375 g/mol. The highest BCUT2D eigenvalue weighted by atomic mass is 16.6. The average molecular weight is 376 g/mol. The number of hydrogen-bond donors (Lipinski definition) is 1. The summed E-state index contributed by atoms with van der Waals surface area (Å²) < 4.78 is 16.5. The van der Waals surface area contributed by atoms with E-state index in [1.807, 2.05) is 20.8 Å². The summed E-state index contributed by atoms with van der Waals surface area (Å²) in [6.07, 6.45) is 4.33. The van der Waals surface area contributed by atoms with Gasteiger partial charge < -0.3 is 19.5 Å². The van der Waals surface area contributed by atoms with Crippen LogP contribution in [-0.4, -0.2) is 38.6 Å². The summed E-state index contributed by atoms with van der Waals surface area (Å²) in [5.74, 6) is 0.981. The van der Waals surface area contributed by atoms with E-state index in [0.29, 0.717) is 26.2 Å². The van der Waals surface area contributed by atoms with Gasteiger partial charge in [0.15, 0.2) is 0 Å². The molecule has 0 saturated heterocycles. The Bertz CT molecular complexity index is 697. The second-order valence-electron chi connectivity index (χ2n) is 8.16. The normalized spacial score (nSPS) is 13.0. The van der Waals surface area contributed by atoms with Gasteiger partial charge in [0.25, 0.3) is 0 Å². The summed E-state index contributed by atoms with van der Waals surface area (Å²) >= 11 is 0. The molecule has 0 spiro atoms. The van der Waals surface area contributed by atoms with Gasteiger partial charge in [0.2, 0.25) is 0 Å². The van der Waals surface area contributed by atoms with E-state index in [4.69, 9.17) is 14.2 Å². The molecule has 0 aliphatic carbocycles. The van der Waals surface area contributed by atoms with Crippen molar-refractivity contribution in [1.82, 2.24) is 5.32 Å². The van der Waals surface area contributed by atoms with E-state index >= 15 is 0 Å². The van der Waals surface area contributed by atoms with Crippen molar-refractivity contribution in [3.05, 3.63) is 33.9 Å². The Labute approximate surface area is 163 Å². The molecular weight excluding hydrogens is 342 g/mol. The first-order valence-corrected chi connectivity index (χ1v) is 9.62. The topological polar surface area (TPSA) is 56.8 Å². The number of carbonyl (C=O) groups is 1. The number of nitrogens with one attached hydrogen (secondary N) is 1. The third kappa shape index (κ3) is 6.28. The lowest BCUT2D eigenvalue weighted by atomic mass is 9.91. The Kier molecular flexibility index (Phi) is 7.31. The minimum atomic E-state index is -0.492. The van der Waals surface area contributed by atoms with Gasteiger partial charge >= 0.3 is 6.09 Å². The Morgan fingerprint density at radius 2 is 2.00 bits per heavy atom. The number of alkyl carbamates (subject to hydrolysis) is 1. The maximum Gasteiger partial charge on any atom is 0.407 e. The first kappa shape index (κ1) is 21.3. The smallest absolute Gasteiger partial charge is 0.407 e. The van der Waals surface area contributed by atoms with Crippen molar-refractivity contribution < 1.29 is 19.0 Å². The molecule has 150 valence electrons. The number of amides is 1. The van der Waals surface area contributed by atoms with Gasteiger partial charge in [0.1, 0.15) is 11.4 Å². The molecule has 1 aliphatic rings. The van der Waals surface area contributed by atoms with Crippen molar-refractivity contribution in [3.63, 3.8) is 0 Å². The fraction of sp³-hybridized carbons (Fsp3) is 0.591. The molecule has 27 heavy (non-hydrogen) atoms. The predicted octanol–water partition coefficient (Wildman–Crippen LogP) is 4.30. The van der Waals surface area contributed by atoms with Crippen LogP contribution in [0.3, 0.4) is 0 Å². The SMILES string of the molecule is COCCc1cc(CCNC(=O)OC(C)(C)C)c2c(c1C=C(C)C)CCO2. The van der Waals surface area contributed by atoms with Crippen molar-refractivity contribution in [1.29, 1.82) is 0 Å². The van der Waals surface area contributed by atoms with E-state index < -0.39 is 5.60 Å². The molecule has 5 nitrogen and oxygen atoms in total. The molecule has 0 bridgehead atoms. The number of rotatable bonds is 7. The molecule has 1 N–H and O–H groups in total. The van der Waals surface area contributed by atoms with Crippen LogP contribution in [0.1, 0.15) is 56.9 Å². The summed E-state index contributed by atoms with van der Waals surface area (Å²) in [5, 5.41) is 2.84. The van der Waals surface area contributed by atoms with E-state index in [2.05, 4.69) is 31.3 Å². The van der Waals surface area contributed by atoms with Crippen molar-refractivity contribution >= 4 is 12.2 Å². The molecule has 1 aromatic rings. The first-order valence-electron chi connectivity index (χ1n) is 9.62. The summed E-state index contributed by atoms with van der Waals surface area (Å²) in [7, 11) is 1.72. The predicted molar refractivity (Wildman–Crippen MR) is 108 cm³/mol. The minimum absolute atomic E-state index is 0.388. The Morgan fingerprint density at radius 1 is 1.26 bits per heavy atom. The first-order chi connectivity index (χ1) is 12.7. The van der Waals surface area contributed by atoms with Gasteiger partial charge in [-0.2, -0.15) is 0 Å². The van der Waals surface area contributed by atoms with Crippen molar-refractivity contribution in [2.24, 2.45) is 0 Å². The van der Waals surface area contributed by atoms with E-state index in [1.165, 1.54) is 22.3 Å². The number of fused-ring (bicyclic) bond motifs is 1. The highest BCUT2D eigenvalue weighted by Crippen LogP contribution is 2.36. The molecule has 1 amide bonds. The number of hydrogen-bond acceptors (Lipinski definition) is 4. The van der Waals surface area contributed by atoms with Crippen LogP contribution in [0.5, 0.6) is 5.75 Å². The van der Waals surface area contributed by atoms with Crippen LogP contribution in [0.25, 0.3) is 6.08 Å². The highest BCUT2D eigenvalue weighted by molar-refractivity contribution is 5.68. The van der Waals surface area contributed by atoms with Crippen LogP contribution in [0.4, 0.5) is 4.79 Å². The van der Waals surface area contributed by atoms with Gasteiger partial charge in [-0.1, -0.05) is 17.7 Å². The summed E-state index contributed by atoms with van der Waals surface area (Å²) in [6.45, 7) is 11.7. The van der Waals surface area contributed by atoms with Gasteiger partial charge in [0.05, 0.1) is 13.2 Å². The zero-order valence-corrected chi connectivity index (χ0v) is 17.5. The van der Waals surface area contributed by atoms with Crippen molar-refractivity contribution in [3.8, 4) is 5.75 Å². The van der Waals surface area contributed by atoms with Crippen molar-refractivity contribution in [2.45, 2.75) is 59.5 Å². The van der Waals surface area contributed by atoms with E-state index in [-0.39, 0.29) is 6.09 Å². The molecule has 5 heteroatoms. The molecule has 1 aromatic carbocycles. The molecule has 0 fully saturated rings. The second-order valence-corrected chi connectivity index (χ2v) is 8.16. The van der Waals surface area contributed by atoms with E-state index in [1.54, 1.807) is 7.11 Å². The fourth-order valence-electron chi connectivity index (χ4n) is 3.23. The number of ether oxygens (including phenoxy) is 3. The standard InChI is InChI=1S/C22H33NO4/c1-15(2)13-19-16(8-11-25-6)14-17(20-18(19)9-12-26-20)7-10-23-21(24)27-22(3,4)5/h13-14H,7-12H2,1-6H3,(H,23,24). The summed E-state index contributed by atoms with van der Waals surface area (Å²) in [6, 6.07) is 2.20. The van der Waals surface area contributed by atoms with Crippen molar-refractivity contribution in [2.75, 3.05) is 26.9 Å². The fourth-order valence-corrected chi connectivity index (χ4v) is 3.23. The van der Waals surface area contributed by atoms with Gasteiger partial charge in [-0.15, -0.1) is 0 Å². The maximum absolute atomic E-state index is 11.9. The van der Waals surface area contributed by atoms with E-state index in [9.17, 15) is 4.79 Å². The molecule has 2 rings (SSSR count).